The Balaban J connectivity index is 2.58. The summed E-state index contributed by atoms with van der Waals surface area (Å²) in [5.74, 6) is 0.738. The molecular formula is C14H25N3O3S. The minimum atomic E-state index is -3.51. The highest BCUT2D eigenvalue weighted by Crippen LogP contribution is 2.17. The van der Waals surface area contributed by atoms with E-state index in [-0.39, 0.29) is 0 Å². The maximum atomic E-state index is 12.1. The third-order valence-electron chi connectivity index (χ3n) is 2.88. The van der Waals surface area contributed by atoms with Gasteiger partial charge in [0.2, 0.25) is 0 Å². The first-order chi connectivity index (χ1) is 9.99. The smallest absolute Gasteiger partial charge is 0.301 e. The van der Waals surface area contributed by atoms with Crippen molar-refractivity contribution in [2.45, 2.75) is 19.8 Å². The monoisotopic (exact) mass is 315 g/mol. The SMILES string of the molecule is CCCOc1ccc(NS(=O)(=O)N(C)CCCNC)cc1. The summed E-state index contributed by atoms with van der Waals surface area (Å²) >= 11 is 0. The van der Waals surface area contributed by atoms with E-state index in [0.29, 0.717) is 18.8 Å². The van der Waals surface area contributed by atoms with E-state index in [2.05, 4.69) is 10.0 Å². The van der Waals surface area contributed by atoms with E-state index in [1.807, 2.05) is 14.0 Å². The standard InChI is InChI=1S/C14H25N3O3S/c1-4-12-20-14-8-6-13(7-9-14)16-21(18,19)17(3)11-5-10-15-2/h6-9,15-16H,4-5,10-12H2,1-3H3. The van der Waals surface area contributed by atoms with Gasteiger partial charge < -0.3 is 10.1 Å². The van der Waals surface area contributed by atoms with Crippen molar-refractivity contribution in [1.82, 2.24) is 9.62 Å². The van der Waals surface area contributed by atoms with E-state index in [1.54, 1.807) is 31.3 Å². The molecule has 0 bridgehead atoms. The molecule has 0 aliphatic carbocycles. The third kappa shape index (κ3) is 6.33. The van der Waals surface area contributed by atoms with Crippen molar-refractivity contribution < 1.29 is 13.2 Å². The van der Waals surface area contributed by atoms with Crippen LogP contribution in [-0.4, -0.2) is 46.5 Å². The number of rotatable bonds is 10. The van der Waals surface area contributed by atoms with E-state index in [4.69, 9.17) is 4.74 Å². The first-order valence-corrected chi connectivity index (χ1v) is 8.55. The summed E-state index contributed by atoms with van der Waals surface area (Å²) in [5, 5.41) is 2.99. The maximum Gasteiger partial charge on any atom is 0.301 e. The fourth-order valence-corrected chi connectivity index (χ4v) is 2.62. The van der Waals surface area contributed by atoms with Gasteiger partial charge in [-0.15, -0.1) is 0 Å². The molecular weight excluding hydrogens is 290 g/mol. The molecule has 0 spiro atoms. The molecule has 0 fully saturated rings. The first kappa shape index (κ1) is 17.7. The molecule has 0 unspecified atom stereocenters. The fourth-order valence-electron chi connectivity index (χ4n) is 1.66. The average molecular weight is 315 g/mol. The number of nitrogens with zero attached hydrogens (tertiary/aromatic N) is 1. The Morgan fingerprint density at radius 1 is 1.24 bits per heavy atom. The van der Waals surface area contributed by atoms with Gasteiger partial charge >= 0.3 is 10.2 Å². The van der Waals surface area contributed by atoms with E-state index >= 15 is 0 Å². The van der Waals surface area contributed by atoms with Crippen LogP contribution in [0, 0.1) is 0 Å². The van der Waals surface area contributed by atoms with Crippen LogP contribution in [0.1, 0.15) is 19.8 Å². The van der Waals surface area contributed by atoms with Crippen molar-refractivity contribution in [3.8, 4) is 5.75 Å². The number of benzene rings is 1. The van der Waals surface area contributed by atoms with Crippen LogP contribution in [0.5, 0.6) is 5.75 Å². The third-order valence-corrected chi connectivity index (χ3v) is 4.38. The van der Waals surface area contributed by atoms with Crippen molar-refractivity contribution >= 4 is 15.9 Å². The molecule has 21 heavy (non-hydrogen) atoms. The Bertz CT molecular complexity index is 503. The molecule has 0 aromatic heterocycles. The predicted octanol–water partition coefficient (Wildman–Crippen LogP) is 1.67. The van der Waals surface area contributed by atoms with Gasteiger partial charge in [0.1, 0.15) is 5.75 Å². The van der Waals surface area contributed by atoms with Gasteiger partial charge in [-0.3, -0.25) is 4.72 Å². The molecule has 0 aliphatic heterocycles. The van der Waals surface area contributed by atoms with Crippen LogP contribution >= 0.6 is 0 Å². The molecule has 120 valence electrons. The Labute approximate surface area is 127 Å². The van der Waals surface area contributed by atoms with Gasteiger partial charge in [-0.05, 0) is 50.7 Å². The molecule has 7 heteroatoms. The van der Waals surface area contributed by atoms with Crippen molar-refractivity contribution in [2.24, 2.45) is 0 Å². The minimum Gasteiger partial charge on any atom is -0.494 e. The van der Waals surface area contributed by atoms with Crippen LogP contribution in [0.25, 0.3) is 0 Å². The lowest BCUT2D eigenvalue weighted by molar-refractivity contribution is 0.317. The fraction of sp³-hybridized carbons (Fsp3) is 0.571. The van der Waals surface area contributed by atoms with E-state index in [1.165, 1.54) is 4.31 Å². The molecule has 1 rings (SSSR count). The number of hydrogen-bond acceptors (Lipinski definition) is 4. The summed E-state index contributed by atoms with van der Waals surface area (Å²) in [6.45, 7) is 3.93. The van der Waals surface area contributed by atoms with E-state index < -0.39 is 10.2 Å². The van der Waals surface area contributed by atoms with Crippen molar-refractivity contribution in [1.29, 1.82) is 0 Å². The highest BCUT2D eigenvalue weighted by atomic mass is 32.2. The van der Waals surface area contributed by atoms with Crippen LogP contribution in [0.4, 0.5) is 5.69 Å². The molecule has 0 saturated carbocycles. The Kier molecular flexibility index (Phi) is 7.49. The number of ether oxygens (including phenoxy) is 1. The highest BCUT2D eigenvalue weighted by Gasteiger charge is 2.16. The summed E-state index contributed by atoms with van der Waals surface area (Å²) in [5.41, 5.74) is 0.527. The van der Waals surface area contributed by atoms with Gasteiger partial charge in [0, 0.05) is 13.6 Å². The quantitative estimate of drug-likeness (QED) is 0.644. The van der Waals surface area contributed by atoms with Crippen LogP contribution in [0.3, 0.4) is 0 Å². The number of hydrogen-bond donors (Lipinski definition) is 2. The lowest BCUT2D eigenvalue weighted by Crippen LogP contribution is -2.34. The second-order valence-corrected chi connectivity index (χ2v) is 6.54. The Hall–Kier alpha value is -1.31. The predicted molar refractivity (Wildman–Crippen MR) is 85.9 cm³/mol. The van der Waals surface area contributed by atoms with E-state index in [9.17, 15) is 8.42 Å². The maximum absolute atomic E-state index is 12.1. The van der Waals surface area contributed by atoms with Crippen LogP contribution in [0.2, 0.25) is 0 Å². The topological polar surface area (TPSA) is 70.7 Å². The largest absolute Gasteiger partial charge is 0.494 e. The Morgan fingerprint density at radius 3 is 2.48 bits per heavy atom. The molecule has 1 aromatic carbocycles. The van der Waals surface area contributed by atoms with E-state index in [0.717, 1.165) is 25.1 Å². The van der Waals surface area contributed by atoms with Gasteiger partial charge in [-0.1, -0.05) is 6.92 Å². The summed E-state index contributed by atoms with van der Waals surface area (Å²) in [7, 11) is -0.100. The molecule has 0 saturated heterocycles. The van der Waals surface area contributed by atoms with Crippen molar-refractivity contribution in [3.63, 3.8) is 0 Å². The zero-order chi connectivity index (χ0) is 15.7. The zero-order valence-corrected chi connectivity index (χ0v) is 13.7. The molecule has 1 aromatic rings. The van der Waals surface area contributed by atoms with Gasteiger partial charge in [0.15, 0.2) is 0 Å². The first-order valence-electron chi connectivity index (χ1n) is 7.11. The molecule has 0 amide bonds. The highest BCUT2D eigenvalue weighted by molar-refractivity contribution is 7.90. The zero-order valence-electron chi connectivity index (χ0n) is 12.9. The average Bonchev–Trinajstić information content (AvgIpc) is 2.46. The molecule has 2 N–H and O–H groups in total. The lowest BCUT2D eigenvalue weighted by Gasteiger charge is -2.18. The number of nitrogens with one attached hydrogen (secondary N) is 2. The van der Waals surface area contributed by atoms with Gasteiger partial charge in [-0.2, -0.15) is 12.7 Å². The second kappa shape index (κ2) is 8.86. The van der Waals surface area contributed by atoms with Gasteiger partial charge in [0.05, 0.1) is 12.3 Å². The van der Waals surface area contributed by atoms with Crippen molar-refractivity contribution in [3.05, 3.63) is 24.3 Å². The van der Waals surface area contributed by atoms with Crippen molar-refractivity contribution in [2.75, 3.05) is 38.5 Å². The van der Waals surface area contributed by atoms with Crippen LogP contribution in [0.15, 0.2) is 24.3 Å². The van der Waals surface area contributed by atoms with Gasteiger partial charge in [-0.25, -0.2) is 0 Å². The second-order valence-electron chi connectivity index (χ2n) is 4.76. The molecule has 6 nitrogen and oxygen atoms in total. The van der Waals surface area contributed by atoms with Crippen LogP contribution < -0.4 is 14.8 Å². The number of anilines is 1. The lowest BCUT2D eigenvalue weighted by atomic mass is 10.3. The summed E-state index contributed by atoms with van der Waals surface area (Å²) in [4.78, 5) is 0. The summed E-state index contributed by atoms with van der Waals surface area (Å²) in [6.07, 6.45) is 1.70. The molecule has 0 heterocycles. The summed E-state index contributed by atoms with van der Waals surface area (Å²) in [6, 6.07) is 6.91. The minimum absolute atomic E-state index is 0.466. The van der Waals surface area contributed by atoms with Crippen LogP contribution in [-0.2, 0) is 10.2 Å². The van der Waals surface area contributed by atoms with Gasteiger partial charge in [0.25, 0.3) is 0 Å². The molecule has 0 radical (unpaired) electrons. The summed E-state index contributed by atoms with van der Waals surface area (Å²) < 4.78 is 33.5. The normalized spacial score (nSPS) is 11.6. The molecule has 0 atom stereocenters. The molecule has 0 aliphatic rings. The Morgan fingerprint density at radius 2 is 1.90 bits per heavy atom.